The molecular weight excluding hydrogens is 1160 g/mol. The van der Waals surface area contributed by atoms with E-state index in [0.29, 0.717) is 23.0 Å². The van der Waals surface area contributed by atoms with Crippen molar-refractivity contribution < 1.29 is 40.8 Å². The van der Waals surface area contributed by atoms with E-state index in [2.05, 4.69) is 97.1 Å². The van der Waals surface area contributed by atoms with Gasteiger partial charge in [-0.2, -0.15) is 0 Å². The minimum Gasteiger partial charge on any atom is -0.507 e. The number of aromatic hydroxyl groups is 4. The van der Waals surface area contributed by atoms with Crippen LogP contribution in [-0.4, -0.2) is 20.4 Å². The van der Waals surface area contributed by atoms with E-state index >= 15 is 0 Å². The molecule has 0 bridgehead atoms. The molecule has 0 aromatic heterocycles. The number of hydrogen-bond donors (Lipinski definition) is 4. The van der Waals surface area contributed by atoms with Gasteiger partial charge in [0.2, 0.25) is 0 Å². The van der Waals surface area contributed by atoms with Gasteiger partial charge in [0.1, 0.15) is 23.0 Å². The van der Waals surface area contributed by atoms with Crippen molar-refractivity contribution in [2.75, 3.05) is 0 Å². The molecule has 0 aliphatic carbocycles. The molecule has 12 rings (SSSR count). The molecule has 12 aromatic carbocycles. The molecule has 402 valence electrons. The Morgan fingerprint density at radius 3 is 0.383 bits per heavy atom. The second-order valence-electron chi connectivity index (χ2n) is 18.0. The minimum atomic E-state index is -0.717. The van der Waals surface area contributed by atoms with E-state index in [9.17, 15) is 20.4 Å². The first kappa shape index (κ1) is 59.3. The average molecular weight is 1220 g/mol. The van der Waals surface area contributed by atoms with E-state index in [1.54, 1.807) is 24.3 Å². The Kier molecular flexibility index (Phi) is 22.9. The molecule has 0 amide bonds. The molecular formula is C72H60O4P4Pd. The molecule has 9 heteroatoms. The first-order valence-corrected chi connectivity index (χ1v) is 31.5. The Hall–Kier alpha value is -7.78. The Morgan fingerprint density at radius 1 is 0.148 bits per heavy atom. The van der Waals surface area contributed by atoms with E-state index in [0.717, 1.165) is 21.2 Å². The maximum atomic E-state index is 10.2. The third-order valence-electron chi connectivity index (χ3n) is 12.6. The number of phenolic OH excluding ortho intramolecular Hbond substituents is 4. The van der Waals surface area contributed by atoms with Crippen molar-refractivity contribution in [1.82, 2.24) is 0 Å². The summed E-state index contributed by atoms with van der Waals surface area (Å²) in [5.41, 5.74) is 0. The molecule has 0 atom stereocenters. The van der Waals surface area contributed by atoms with Gasteiger partial charge in [-0.3, -0.25) is 0 Å². The molecule has 0 radical (unpaired) electrons. The molecule has 0 saturated heterocycles. The third kappa shape index (κ3) is 16.2. The second-order valence-corrected chi connectivity index (χ2v) is 26.7. The topological polar surface area (TPSA) is 80.9 Å². The predicted molar refractivity (Wildman–Crippen MR) is 347 cm³/mol. The summed E-state index contributed by atoms with van der Waals surface area (Å²) in [7, 11) is -2.87. The summed E-state index contributed by atoms with van der Waals surface area (Å²) in [6.45, 7) is 0. The van der Waals surface area contributed by atoms with Crippen molar-refractivity contribution in [2.24, 2.45) is 0 Å². The van der Waals surface area contributed by atoms with E-state index < -0.39 is 31.7 Å². The molecule has 0 aliphatic rings. The Bertz CT molecular complexity index is 3070. The number of para-hydroxylation sites is 4. The van der Waals surface area contributed by atoms with Gasteiger partial charge in [-0.15, -0.1) is 0 Å². The molecule has 0 saturated carbocycles. The van der Waals surface area contributed by atoms with Crippen LogP contribution in [0.3, 0.4) is 0 Å². The second kappa shape index (κ2) is 31.3. The van der Waals surface area contributed by atoms with Crippen LogP contribution in [0.2, 0.25) is 0 Å². The maximum absolute atomic E-state index is 10.2. The zero-order valence-corrected chi connectivity index (χ0v) is 49.4. The van der Waals surface area contributed by atoms with Gasteiger partial charge >= 0.3 is 0 Å². The van der Waals surface area contributed by atoms with E-state index in [-0.39, 0.29) is 20.4 Å². The molecule has 0 aliphatic heterocycles. The van der Waals surface area contributed by atoms with Crippen molar-refractivity contribution >= 4 is 95.3 Å². The summed E-state index contributed by atoms with van der Waals surface area (Å²) in [5, 5.41) is 54.8. The van der Waals surface area contributed by atoms with Crippen molar-refractivity contribution in [3.63, 3.8) is 0 Å². The molecule has 12 aromatic rings. The Morgan fingerprint density at radius 2 is 0.259 bits per heavy atom. The summed E-state index contributed by atoms with van der Waals surface area (Å²) < 4.78 is 0. The molecule has 81 heavy (non-hydrogen) atoms. The normalized spacial score (nSPS) is 10.5. The summed E-state index contributed by atoms with van der Waals surface area (Å²) in [6, 6.07) is 114. The van der Waals surface area contributed by atoms with Crippen LogP contribution in [-0.2, 0) is 20.4 Å². The number of phenols is 4. The van der Waals surface area contributed by atoms with Gasteiger partial charge in [0.25, 0.3) is 0 Å². The fourth-order valence-electron chi connectivity index (χ4n) is 8.94. The van der Waals surface area contributed by atoms with Gasteiger partial charge in [0, 0.05) is 41.6 Å². The quantitative estimate of drug-likeness (QED) is 0.0726. The van der Waals surface area contributed by atoms with Crippen molar-refractivity contribution in [1.29, 1.82) is 0 Å². The van der Waals surface area contributed by atoms with Gasteiger partial charge in [0.15, 0.2) is 0 Å². The Balaban J connectivity index is 0.000000141. The van der Waals surface area contributed by atoms with Crippen LogP contribution in [0, 0.1) is 0 Å². The largest absolute Gasteiger partial charge is 0.507 e. The fraction of sp³-hybridized carbons (Fsp3) is 0. The van der Waals surface area contributed by atoms with Crippen LogP contribution in [0.25, 0.3) is 0 Å². The number of rotatable bonds is 12. The van der Waals surface area contributed by atoms with Gasteiger partial charge in [0.05, 0.1) is 0 Å². The maximum Gasteiger partial charge on any atom is 0.123 e. The van der Waals surface area contributed by atoms with Gasteiger partial charge in [-0.05, 0) is 98.4 Å². The Labute approximate surface area is 495 Å². The molecule has 0 spiro atoms. The van der Waals surface area contributed by atoms with Crippen molar-refractivity contribution in [2.45, 2.75) is 0 Å². The molecule has 0 unspecified atom stereocenters. The van der Waals surface area contributed by atoms with E-state index in [1.807, 2.05) is 218 Å². The SMILES string of the molecule is Oc1ccccc1P(c1ccccc1)c1ccccc1.Oc1ccccc1P(c1ccccc1)c1ccccc1.Oc1ccccc1P(c1ccccc1)c1ccccc1.Oc1ccccc1P(c1ccccc1)c1ccccc1.[Pd]. The third-order valence-corrected chi connectivity index (χ3v) is 22.6. The smallest absolute Gasteiger partial charge is 0.123 e. The van der Waals surface area contributed by atoms with Crippen LogP contribution in [0.5, 0.6) is 23.0 Å². The average Bonchev–Trinajstić information content (AvgIpc) is 3.52. The summed E-state index contributed by atoms with van der Waals surface area (Å²) in [6.07, 6.45) is 0. The van der Waals surface area contributed by atoms with Crippen LogP contribution >= 0.6 is 31.7 Å². The van der Waals surface area contributed by atoms with Crippen LogP contribution in [0.15, 0.2) is 340 Å². The van der Waals surface area contributed by atoms with Gasteiger partial charge in [-0.1, -0.05) is 315 Å². The molecule has 4 nitrogen and oxygen atoms in total. The summed E-state index contributed by atoms with van der Waals surface area (Å²) in [4.78, 5) is 0. The van der Waals surface area contributed by atoms with Gasteiger partial charge < -0.3 is 20.4 Å². The molecule has 0 fully saturated rings. The standard InChI is InChI=1S/4C18H15OP.Pd/c4*19-17-13-7-8-14-18(17)20(15-9-3-1-4-10-15)16-11-5-2-6-12-16;/h4*1-14,19H;. The molecule has 4 N–H and O–H groups in total. The van der Waals surface area contributed by atoms with Crippen LogP contribution in [0.1, 0.15) is 0 Å². The zero-order valence-electron chi connectivity index (χ0n) is 44.2. The fourth-order valence-corrected chi connectivity index (χ4v) is 18.3. The number of benzene rings is 12. The van der Waals surface area contributed by atoms with Crippen LogP contribution < -0.4 is 63.7 Å². The van der Waals surface area contributed by atoms with Crippen LogP contribution in [0.4, 0.5) is 0 Å². The van der Waals surface area contributed by atoms with Crippen molar-refractivity contribution in [3.05, 3.63) is 340 Å². The first-order valence-electron chi connectivity index (χ1n) is 26.2. The summed E-state index contributed by atoms with van der Waals surface area (Å²) >= 11 is 0. The van der Waals surface area contributed by atoms with Crippen molar-refractivity contribution in [3.8, 4) is 23.0 Å². The summed E-state index contributed by atoms with van der Waals surface area (Å²) in [5.74, 6) is 1.47. The monoisotopic (exact) mass is 1220 g/mol. The number of hydrogen-bond acceptors (Lipinski definition) is 4. The first-order chi connectivity index (χ1) is 39.4. The van der Waals surface area contributed by atoms with Gasteiger partial charge in [-0.25, -0.2) is 0 Å². The van der Waals surface area contributed by atoms with E-state index in [1.165, 1.54) is 42.4 Å². The zero-order chi connectivity index (χ0) is 55.1. The minimum absolute atomic E-state index is 0. The predicted octanol–water partition coefficient (Wildman–Crippen LogP) is 12.6. The van der Waals surface area contributed by atoms with E-state index in [4.69, 9.17) is 0 Å². The molecule has 0 heterocycles.